The zero-order valence-corrected chi connectivity index (χ0v) is 19.9. The van der Waals surface area contributed by atoms with Crippen LogP contribution in [0, 0.1) is 0 Å². The third kappa shape index (κ3) is 4.26. The number of ether oxygens (including phenoxy) is 1. The van der Waals surface area contributed by atoms with Crippen LogP contribution in [0.25, 0.3) is 10.9 Å². The number of sulfonamides is 1. The summed E-state index contributed by atoms with van der Waals surface area (Å²) < 4.78 is 35.8. The molecule has 180 valence electrons. The van der Waals surface area contributed by atoms with Crippen LogP contribution in [0.3, 0.4) is 0 Å². The molecule has 1 aliphatic rings. The van der Waals surface area contributed by atoms with E-state index in [4.69, 9.17) is 4.74 Å². The zero-order chi connectivity index (χ0) is 24.7. The van der Waals surface area contributed by atoms with Crippen molar-refractivity contribution in [1.82, 2.24) is 19.7 Å². The Labute approximate surface area is 201 Å². The van der Waals surface area contributed by atoms with E-state index >= 15 is 0 Å². The number of amides is 1. The zero-order valence-electron chi connectivity index (χ0n) is 19.1. The van der Waals surface area contributed by atoms with Crippen molar-refractivity contribution in [2.24, 2.45) is 7.05 Å². The number of aryl methyl sites for hydroxylation is 1. The quantitative estimate of drug-likeness (QED) is 0.425. The molecular weight excluding hydrogens is 470 g/mol. The van der Waals surface area contributed by atoms with Crippen molar-refractivity contribution in [2.45, 2.75) is 24.9 Å². The van der Waals surface area contributed by atoms with Crippen LogP contribution in [-0.4, -0.2) is 40.6 Å². The number of carbonyl (C=O) groups is 1. The Balaban J connectivity index is 1.48. The summed E-state index contributed by atoms with van der Waals surface area (Å²) in [5, 5.41) is 4.54. The number of carbonyl (C=O) groups excluding carboxylic acids is 1. The number of pyridine rings is 1. The lowest BCUT2D eigenvalue weighted by molar-refractivity contribution is 0.0750. The number of hydrogen-bond acceptors (Lipinski definition) is 6. The summed E-state index contributed by atoms with van der Waals surface area (Å²) >= 11 is 0. The molecule has 0 saturated heterocycles. The van der Waals surface area contributed by atoms with E-state index in [0.29, 0.717) is 42.0 Å². The van der Waals surface area contributed by atoms with Crippen LogP contribution in [-0.2, 0) is 30.2 Å². The summed E-state index contributed by atoms with van der Waals surface area (Å²) in [6.07, 6.45) is 1.72. The molecule has 2 aromatic heterocycles. The third-order valence-corrected chi connectivity index (χ3v) is 7.29. The number of aromatic nitrogens is 3. The molecule has 0 atom stereocenters. The number of anilines is 1. The maximum Gasteiger partial charge on any atom is 0.261 e. The second-order valence-electron chi connectivity index (χ2n) is 8.22. The van der Waals surface area contributed by atoms with Gasteiger partial charge in [0.05, 0.1) is 35.5 Å². The van der Waals surface area contributed by atoms with Gasteiger partial charge in [-0.3, -0.25) is 19.0 Å². The van der Waals surface area contributed by atoms with E-state index in [1.165, 1.54) is 24.3 Å². The second-order valence-corrected chi connectivity index (χ2v) is 9.90. The van der Waals surface area contributed by atoms with Crippen LogP contribution in [0.5, 0.6) is 5.75 Å². The van der Waals surface area contributed by atoms with E-state index in [1.54, 1.807) is 40.0 Å². The fraction of sp³-hybridized carbons (Fsp3) is 0.208. The van der Waals surface area contributed by atoms with Crippen LogP contribution >= 0.6 is 0 Å². The van der Waals surface area contributed by atoms with Gasteiger partial charge in [0.25, 0.3) is 15.9 Å². The highest BCUT2D eigenvalue weighted by Crippen LogP contribution is 2.27. The Morgan fingerprint density at radius 3 is 2.63 bits per heavy atom. The highest BCUT2D eigenvalue weighted by Gasteiger charge is 2.28. The van der Waals surface area contributed by atoms with Crippen molar-refractivity contribution in [3.63, 3.8) is 0 Å². The molecule has 4 aromatic rings. The first-order valence-electron chi connectivity index (χ1n) is 11.0. The Hall–Kier alpha value is -4.12. The summed E-state index contributed by atoms with van der Waals surface area (Å²) in [5.74, 6) is 0.277. The van der Waals surface area contributed by atoms with Gasteiger partial charge in [-0.05, 0) is 49.4 Å². The van der Waals surface area contributed by atoms with Crippen molar-refractivity contribution in [1.29, 1.82) is 0 Å². The topological polar surface area (TPSA) is 126 Å². The average molecular weight is 494 g/mol. The molecule has 10 nitrogen and oxygen atoms in total. The number of nitrogens with one attached hydrogen (secondary N) is 2. The van der Waals surface area contributed by atoms with Gasteiger partial charge in [0.2, 0.25) is 5.56 Å². The van der Waals surface area contributed by atoms with Crippen molar-refractivity contribution in [3.05, 3.63) is 81.9 Å². The summed E-state index contributed by atoms with van der Waals surface area (Å²) in [5.41, 5.74) is 2.31. The van der Waals surface area contributed by atoms with Gasteiger partial charge in [-0.25, -0.2) is 8.42 Å². The number of fused-ring (bicyclic) bond motifs is 2. The van der Waals surface area contributed by atoms with Gasteiger partial charge in [0.1, 0.15) is 5.75 Å². The number of benzene rings is 2. The number of hydrogen-bond donors (Lipinski definition) is 2. The lowest BCUT2D eigenvalue weighted by atomic mass is 10.1. The number of nitrogens with zero attached hydrogens (tertiary/aromatic N) is 3. The predicted molar refractivity (Wildman–Crippen MR) is 130 cm³/mol. The van der Waals surface area contributed by atoms with Gasteiger partial charge in [-0.2, -0.15) is 5.10 Å². The molecule has 2 N–H and O–H groups in total. The highest BCUT2D eigenvalue weighted by atomic mass is 32.2. The Morgan fingerprint density at radius 1 is 1.14 bits per heavy atom. The fourth-order valence-corrected chi connectivity index (χ4v) is 5.26. The van der Waals surface area contributed by atoms with Crippen LogP contribution < -0.4 is 15.0 Å². The molecule has 35 heavy (non-hydrogen) atoms. The molecule has 3 heterocycles. The van der Waals surface area contributed by atoms with Crippen molar-refractivity contribution >= 4 is 32.5 Å². The Bertz CT molecular complexity index is 1610. The van der Waals surface area contributed by atoms with E-state index in [1.807, 2.05) is 14.0 Å². The van der Waals surface area contributed by atoms with Gasteiger partial charge >= 0.3 is 0 Å². The molecule has 2 aromatic carbocycles. The standard InChI is InChI=1S/C24H23N5O5S/c1-3-34-17-6-4-16(5-7-17)27-35(32,33)18-8-9-21-19(10-18)20(11-23(30)26-21)24(31)29-13-15-12-25-28(2)22(15)14-29/h4-12,27H,3,13-14H2,1-2H3,(H,26,30). The normalized spacial score (nSPS) is 13.1. The Morgan fingerprint density at radius 2 is 1.91 bits per heavy atom. The van der Waals surface area contributed by atoms with Gasteiger partial charge < -0.3 is 14.6 Å². The SMILES string of the molecule is CCOc1ccc(NS(=O)(=O)c2ccc3[nH]c(=O)cc(C(=O)N4Cc5cnn(C)c5C4)c3c2)cc1. The van der Waals surface area contributed by atoms with Crippen LogP contribution in [0.1, 0.15) is 28.5 Å². The molecule has 1 amide bonds. The van der Waals surface area contributed by atoms with Crippen molar-refractivity contribution < 1.29 is 17.9 Å². The second kappa shape index (κ2) is 8.58. The van der Waals surface area contributed by atoms with E-state index in [0.717, 1.165) is 11.3 Å². The first kappa shape index (κ1) is 22.7. The minimum Gasteiger partial charge on any atom is -0.494 e. The van der Waals surface area contributed by atoms with Crippen molar-refractivity contribution in [3.8, 4) is 5.75 Å². The summed E-state index contributed by atoms with van der Waals surface area (Å²) in [7, 11) is -2.15. The molecule has 0 saturated carbocycles. The monoisotopic (exact) mass is 493 g/mol. The molecule has 0 spiro atoms. The maximum atomic E-state index is 13.4. The molecule has 0 radical (unpaired) electrons. The van der Waals surface area contributed by atoms with Crippen LogP contribution in [0.2, 0.25) is 0 Å². The minimum absolute atomic E-state index is 0.0334. The largest absolute Gasteiger partial charge is 0.494 e. The molecule has 0 unspecified atom stereocenters. The molecule has 1 aliphatic heterocycles. The number of aromatic amines is 1. The summed E-state index contributed by atoms with van der Waals surface area (Å²) in [4.78, 5) is 29.9. The lowest BCUT2D eigenvalue weighted by Crippen LogP contribution is -2.27. The average Bonchev–Trinajstić information content (AvgIpc) is 3.41. The molecule has 0 bridgehead atoms. The van der Waals surface area contributed by atoms with E-state index in [9.17, 15) is 18.0 Å². The van der Waals surface area contributed by atoms with Crippen molar-refractivity contribution in [2.75, 3.05) is 11.3 Å². The van der Waals surface area contributed by atoms with Crippen LogP contribution in [0.4, 0.5) is 5.69 Å². The smallest absolute Gasteiger partial charge is 0.261 e. The minimum atomic E-state index is -3.96. The van der Waals surface area contributed by atoms with Gasteiger partial charge in [0, 0.05) is 41.8 Å². The van der Waals surface area contributed by atoms with E-state index in [2.05, 4.69) is 14.8 Å². The summed E-state index contributed by atoms with van der Waals surface area (Å²) in [6.45, 7) is 3.10. The first-order valence-corrected chi connectivity index (χ1v) is 12.5. The van der Waals surface area contributed by atoms with Gasteiger partial charge in [0.15, 0.2) is 0 Å². The molecule has 0 fully saturated rings. The number of H-pyrrole nitrogens is 1. The van der Waals surface area contributed by atoms with Crippen LogP contribution in [0.15, 0.2) is 64.4 Å². The molecule has 11 heteroatoms. The van der Waals surface area contributed by atoms with E-state index in [-0.39, 0.29) is 16.4 Å². The molecule has 0 aliphatic carbocycles. The molecular formula is C24H23N5O5S. The van der Waals surface area contributed by atoms with E-state index < -0.39 is 15.6 Å². The Kier molecular flexibility index (Phi) is 5.56. The highest BCUT2D eigenvalue weighted by molar-refractivity contribution is 7.92. The predicted octanol–water partition coefficient (Wildman–Crippen LogP) is 2.62. The van der Waals surface area contributed by atoms with Gasteiger partial charge in [-0.15, -0.1) is 0 Å². The third-order valence-electron chi connectivity index (χ3n) is 5.91. The lowest BCUT2D eigenvalue weighted by Gasteiger charge is -2.17. The molecule has 5 rings (SSSR count). The first-order chi connectivity index (χ1) is 16.7. The maximum absolute atomic E-state index is 13.4. The summed E-state index contributed by atoms with van der Waals surface area (Å²) in [6, 6.07) is 12.1. The number of rotatable bonds is 6. The van der Waals surface area contributed by atoms with Gasteiger partial charge in [-0.1, -0.05) is 0 Å². The fourth-order valence-electron chi connectivity index (χ4n) is 4.18.